The summed E-state index contributed by atoms with van der Waals surface area (Å²) in [6.45, 7) is 8.52. The van der Waals surface area contributed by atoms with E-state index in [9.17, 15) is 4.79 Å². The van der Waals surface area contributed by atoms with Gasteiger partial charge in [-0.3, -0.25) is 4.79 Å². The molecular formula is C23H30IN5O2S. The molecule has 0 fully saturated rings. The molecule has 0 radical (unpaired) electrons. The van der Waals surface area contributed by atoms with Crippen molar-refractivity contribution in [2.75, 3.05) is 6.54 Å². The third-order valence-corrected chi connectivity index (χ3v) is 5.39. The van der Waals surface area contributed by atoms with Crippen molar-refractivity contribution in [1.29, 1.82) is 0 Å². The van der Waals surface area contributed by atoms with Crippen LogP contribution in [0.1, 0.15) is 59.1 Å². The maximum atomic E-state index is 12.4. The Labute approximate surface area is 210 Å². The first-order valence-electron chi connectivity index (χ1n) is 10.4. The zero-order chi connectivity index (χ0) is 22.1. The van der Waals surface area contributed by atoms with Gasteiger partial charge in [0.2, 0.25) is 0 Å². The van der Waals surface area contributed by atoms with Crippen molar-refractivity contribution in [3.8, 4) is 0 Å². The molecule has 32 heavy (non-hydrogen) atoms. The molecule has 9 heteroatoms. The van der Waals surface area contributed by atoms with Gasteiger partial charge in [-0.25, -0.2) is 9.98 Å². The number of carbonyl (C=O) groups excluding carboxylic acids is 1. The fourth-order valence-corrected chi connectivity index (χ4v) is 3.73. The number of benzene rings is 1. The summed E-state index contributed by atoms with van der Waals surface area (Å²) in [4.78, 5) is 21.7. The lowest BCUT2D eigenvalue weighted by Gasteiger charge is -2.10. The highest BCUT2D eigenvalue weighted by atomic mass is 127. The molecule has 0 aliphatic carbocycles. The van der Waals surface area contributed by atoms with Crippen LogP contribution in [-0.4, -0.2) is 23.4 Å². The molecule has 0 aliphatic heterocycles. The number of thiazole rings is 1. The minimum absolute atomic E-state index is 0. The molecule has 7 nitrogen and oxygen atoms in total. The normalized spacial score (nSPS) is 11.2. The van der Waals surface area contributed by atoms with Crippen LogP contribution in [0.2, 0.25) is 0 Å². The van der Waals surface area contributed by atoms with E-state index in [1.165, 1.54) is 0 Å². The van der Waals surface area contributed by atoms with Crippen molar-refractivity contribution in [3.05, 3.63) is 75.6 Å². The van der Waals surface area contributed by atoms with Crippen LogP contribution in [0.3, 0.4) is 0 Å². The average Bonchev–Trinajstić information content (AvgIpc) is 3.46. The van der Waals surface area contributed by atoms with Gasteiger partial charge in [-0.15, -0.1) is 35.3 Å². The quantitative estimate of drug-likeness (QED) is 0.199. The van der Waals surface area contributed by atoms with Crippen LogP contribution >= 0.6 is 35.3 Å². The Morgan fingerprint density at radius 1 is 1.16 bits per heavy atom. The molecule has 3 rings (SSSR count). The minimum atomic E-state index is -0.142. The number of amides is 1. The number of guanidine groups is 1. The molecule has 0 saturated carbocycles. The third-order valence-electron chi connectivity index (χ3n) is 4.52. The van der Waals surface area contributed by atoms with Crippen molar-refractivity contribution in [2.45, 2.75) is 46.3 Å². The molecule has 3 N–H and O–H groups in total. The SMILES string of the molecule is CCNC(=NCc1cccc(C(=O)NCc2ccco2)c1)NCc1nc(C(C)C)cs1.I. The van der Waals surface area contributed by atoms with Crippen LogP contribution < -0.4 is 16.0 Å². The lowest BCUT2D eigenvalue weighted by atomic mass is 10.1. The number of halogens is 1. The maximum Gasteiger partial charge on any atom is 0.251 e. The molecule has 3 aromatic rings. The number of aromatic nitrogens is 1. The van der Waals surface area contributed by atoms with Crippen molar-refractivity contribution in [1.82, 2.24) is 20.9 Å². The minimum Gasteiger partial charge on any atom is -0.467 e. The Bertz CT molecular complexity index is 1000. The van der Waals surface area contributed by atoms with E-state index in [1.807, 2.05) is 31.2 Å². The van der Waals surface area contributed by atoms with Gasteiger partial charge in [0.15, 0.2) is 5.96 Å². The van der Waals surface area contributed by atoms with Crippen LogP contribution in [-0.2, 0) is 19.6 Å². The van der Waals surface area contributed by atoms with Crippen molar-refractivity contribution in [3.63, 3.8) is 0 Å². The van der Waals surface area contributed by atoms with Gasteiger partial charge >= 0.3 is 0 Å². The van der Waals surface area contributed by atoms with Gasteiger partial charge in [0.05, 0.1) is 31.6 Å². The third kappa shape index (κ3) is 7.94. The standard InChI is InChI=1S/C23H29N5O2S.HI/c1-4-24-23(27-14-21-28-20(15-31-21)16(2)3)26-12-17-7-5-8-18(11-17)22(29)25-13-19-9-6-10-30-19;/h5-11,15-16H,4,12-14H2,1-3H3,(H,25,29)(H2,24,26,27);1H. The van der Waals surface area contributed by atoms with Crippen LogP contribution in [0.4, 0.5) is 0 Å². The number of hydrogen-bond donors (Lipinski definition) is 3. The number of rotatable bonds is 9. The Morgan fingerprint density at radius 3 is 2.69 bits per heavy atom. The Kier molecular flexibility index (Phi) is 10.7. The molecule has 0 atom stereocenters. The highest BCUT2D eigenvalue weighted by Gasteiger charge is 2.08. The summed E-state index contributed by atoms with van der Waals surface area (Å²) in [7, 11) is 0. The summed E-state index contributed by atoms with van der Waals surface area (Å²) >= 11 is 1.65. The molecule has 1 aromatic carbocycles. The van der Waals surface area contributed by atoms with Gasteiger partial charge in [-0.05, 0) is 42.7 Å². The van der Waals surface area contributed by atoms with E-state index < -0.39 is 0 Å². The molecular weight excluding hydrogens is 537 g/mol. The summed E-state index contributed by atoms with van der Waals surface area (Å²) in [6.07, 6.45) is 1.59. The van der Waals surface area contributed by atoms with E-state index in [1.54, 1.807) is 29.7 Å². The van der Waals surface area contributed by atoms with Gasteiger partial charge in [0.1, 0.15) is 10.8 Å². The zero-order valence-corrected chi connectivity index (χ0v) is 21.7. The number of hydrogen-bond acceptors (Lipinski definition) is 5. The topological polar surface area (TPSA) is 91.5 Å². The molecule has 0 bridgehead atoms. The predicted octanol–water partition coefficient (Wildman–Crippen LogP) is 4.66. The van der Waals surface area contributed by atoms with Crippen LogP contribution in [0.15, 0.2) is 57.5 Å². The highest BCUT2D eigenvalue weighted by molar-refractivity contribution is 14.0. The fourth-order valence-electron chi connectivity index (χ4n) is 2.84. The average molecular weight is 567 g/mol. The lowest BCUT2D eigenvalue weighted by molar-refractivity contribution is 0.0948. The summed E-state index contributed by atoms with van der Waals surface area (Å²) in [5.41, 5.74) is 2.67. The van der Waals surface area contributed by atoms with Gasteiger partial charge in [0.25, 0.3) is 5.91 Å². The Hall–Kier alpha value is -2.40. The second kappa shape index (κ2) is 13.2. The highest BCUT2D eigenvalue weighted by Crippen LogP contribution is 2.17. The molecule has 0 spiro atoms. The second-order valence-corrected chi connectivity index (χ2v) is 8.27. The molecule has 2 heterocycles. The first kappa shape index (κ1) is 25.9. The van der Waals surface area contributed by atoms with Gasteiger partial charge in [-0.1, -0.05) is 26.0 Å². The van der Waals surface area contributed by atoms with E-state index in [0.29, 0.717) is 31.1 Å². The van der Waals surface area contributed by atoms with E-state index in [-0.39, 0.29) is 29.9 Å². The number of furan rings is 1. The van der Waals surface area contributed by atoms with E-state index in [0.717, 1.165) is 34.5 Å². The van der Waals surface area contributed by atoms with Crippen molar-refractivity contribution < 1.29 is 9.21 Å². The van der Waals surface area contributed by atoms with Crippen molar-refractivity contribution in [2.24, 2.45) is 4.99 Å². The van der Waals surface area contributed by atoms with Gasteiger partial charge in [-0.2, -0.15) is 0 Å². The number of carbonyl (C=O) groups is 1. The van der Waals surface area contributed by atoms with Gasteiger partial charge < -0.3 is 20.4 Å². The zero-order valence-electron chi connectivity index (χ0n) is 18.6. The summed E-state index contributed by atoms with van der Waals surface area (Å²) in [5, 5.41) is 12.6. The van der Waals surface area contributed by atoms with E-state index in [2.05, 4.69) is 45.2 Å². The number of nitrogens with zero attached hydrogens (tertiary/aromatic N) is 2. The largest absolute Gasteiger partial charge is 0.467 e. The van der Waals surface area contributed by atoms with E-state index in [4.69, 9.17) is 4.42 Å². The number of nitrogens with one attached hydrogen (secondary N) is 3. The smallest absolute Gasteiger partial charge is 0.251 e. The molecule has 0 saturated heterocycles. The first-order chi connectivity index (χ1) is 15.0. The van der Waals surface area contributed by atoms with Crippen LogP contribution in [0, 0.1) is 0 Å². The van der Waals surface area contributed by atoms with Crippen LogP contribution in [0.25, 0.3) is 0 Å². The number of aliphatic imine (C=N–C) groups is 1. The molecule has 1 amide bonds. The Morgan fingerprint density at radius 2 is 2.00 bits per heavy atom. The first-order valence-corrected chi connectivity index (χ1v) is 11.3. The summed E-state index contributed by atoms with van der Waals surface area (Å²) in [5.74, 6) is 1.72. The monoisotopic (exact) mass is 567 g/mol. The lowest BCUT2D eigenvalue weighted by Crippen LogP contribution is -2.36. The fraction of sp³-hybridized carbons (Fsp3) is 0.348. The molecule has 0 unspecified atom stereocenters. The Balaban J connectivity index is 0.00000363. The summed E-state index contributed by atoms with van der Waals surface area (Å²) < 4.78 is 5.25. The van der Waals surface area contributed by atoms with E-state index >= 15 is 0 Å². The van der Waals surface area contributed by atoms with Crippen LogP contribution in [0.5, 0.6) is 0 Å². The molecule has 172 valence electrons. The predicted molar refractivity (Wildman–Crippen MR) is 140 cm³/mol. The molecule has 2 aromatic heterocycles. The second-order valence-electron chi connectivity index (χ2n) is 7.33. The van der Waals surface area contributed by atoms with Gasteiger partial charge in [0, 0.05) is 17.5 Å². The maximum absolute atomic E-state index is 12.4. The molecule has 0 aliphatic rings. The van der Waals surface area contributed by atoms with Crippen molar-refractivity contribution >= 4 is 47.2 Å². The summed E-state index contributed by atoms with van der Waals surface area (Å²) in [6, 6.07) is 11.1.